The van der Waals surface area contributed by atoms with Crippen LogP contribution in [0.5, 0.6) is 5.75 Å². The van der Waals surface area contributed by atoms with Crippen LogP contribution in [-0.4, -0.2) is 12.1 Å². The van der Waals surface area contributed by atoms with Crippen LogP contribution in [0.4, 0.5) is 0 Å². The van der Waals surface area contributed by atoms with Crippen LogP contribution >= 0.6 is 0 Å². The normalized spacial score (nSPS) is 10.8. The lowest BCUT2D eigenvalue weighted by Gasteiger charge is -2.04. The van der Waals surface area contributed by atoms with Gasteiger partial charge in [0.2, 0.25) is 0 Å². The molecule has 3 aromatic rings. The van der Waals surface area contributed by atoms with Crippen LogP contribution in [0.15, 0.2) is 47.0 Å². The summed E-state index contributed by atoms with van der Waals surface area (Å²) in [5.41, 5.74) is 1.04. The highest BCUT2D eigenvalue weighted by Crippen LogP contribution is 2.27. The Morgan fingerprint density at radius 3 is 2.56 bits per heavy atom. The van der Waals surface area contributed by atoms with Crippen molar-refractivity contribution in [1.29, 1.82) is 0 Å². The summed E-state index contributed by atoms with van der Waals surface area (Å²) in [6, 6.07) is 12.2. The molecule has 0 amide bonds. The molecule has 0 bridgehead atoms. The molecular formula is C15H13NO2. The summed E-state index contributed by atoms with van der Waals surface area (Å²) in [5.74, 6) is 2.34. The molecule has 3 rings (SSSR count). The molecule has 0 saturated carbocycles. The lowest BCUT2D eigenvalue weighted by atomic mass is 10.1. The van der Waals surface area contributed by atoms with E-state index >= 15 is 0 Å². The van der Waals surface area contributed by atoms with Gasteiger partial charge in [-0.25, -0.2) is 4.98 Å². The number of hydrogen-bond donors (Lipinski definition) is 0. The Hall–Kier alpha value is -2.29. The fourth-order valence-corrected chi connectivity index (χ4v) is 2.00. The molecule has 0 atom stereocenters. The molecule has 2 aromatic carbocycles. The number of ether oxygens (including phenoxy) is 1. The van der Waals surface area contributed by atoms with E-state index in [-0.39, 0.29) is 0 Å². The molecule has 1 aromatic heterocycles. The number of rotatable bonds is 2. The van der Waals surface area contributed by atoms with E-state index in [1.807, 2.05) is 31.2 Å². The van der Waals surface area contributed by atoms with E-state index in [9.17, 15) is 0 Å². The first kappa shape index (κ1) is 10.8. The maximum absolute atomic E-state index is 5.53. The first-order valence-electron chi connectivity index (χ1n) is 5.77. The second-order valence-corrected chi connectivity index (χ2v) is 4.17. The fourth-order valence-electron chi connectivity index (χ4n) is 2.00. The fraction of sp³-hybridized carbons (Fsp3) is 0.133. The standard InChI is InChI=1S/C15H13NO2/c1-10-16-9-15(18-10)13-4-3-12-8-14(17-2)6-5-11(12)7-13/h3-9H,1-2H3. The Kier molecular flexibility index (Phi) is 2.52. The van der Waals surface area contributed by atoms with Crippen molar-refractivity contribution >= 4 is 10.8 Å². The third-order valence-corrected chi connectivity index (χ3v) is 2.95. The van der Waals surface area contributed by atoms with Crippen molar-refractivity contribution in [2.45, 2.75) is 6.92 Å². The van der Waals surface area contributed by atoms with Gasteiger partial charge in [-0.05, 0) is 29.0 Å². The molecule has 0 N–H and O–H groups in total. The molecule has 3 nitrogen and oxygen atoms in total. The summed E-state index contributed by atoms with van der Waals surface area (Å²) in [7, 11) is 1.67. The number of oxazole rings is 1. The number of fused-ring (bicyclic) bond motifs is 1. The van der Waals surface area contributed by atoms with Gasteiger partial charge in [0, 0.05) is 12.5 Å². The van der Waals surface area contributed by atoms with Gasteiger partial charge in [0.05, 0.1) is 13.3 Å². The molecule has 0 aliphatic carbocycles. The molecular weight excluding hydrogens is 226 g/mol. The molecule has 3 heteroatoms. The van der Waals surface area contributed by atoms with Gasteiger partial charge >= 0.3 is 0 Å². The summed E-state index contributed by atoms with van der Waals surface area (Å²) in [6.45, 7) is 1.84. The number of benzene rings is 2. The molecule has 90 valence electrons. The minimum Gasteiger partial charge on any atom is -0.497 e. The van der Waals surface area contributed by atoms with Gasteiger partial charge in [0.1, 0.15) is 5.75 Å². The molecule has 18 heavy (non-hydrogen) atoms. The van der Waals surface area contributed by atoms with Gasteiger partial charge in [0.25, 0.3) is 0 Å². The van der Waals surface area contributed by atoms with Crippen molar-refractivity contribution in [3.05, 3.63) is 48.5 Å². The first-order valence-corrected chi connectivity index (χ1v) is 5.77. The zero-order valence-corrected chi connectivity index (χ0v) is 10.3. The smallest absolute Gasteiger partial charge is 0.191 e. The molecule has 0 fully saturated rings. The predicted octanol–water partition coefficient (Wildman–Crippen LogP) is 3.81. The highest BCUT2D eigenvalue weighted by Gasteiger charge is 2.05. The van der Waals surface area contributed by atoms with Crippen molar-refractivity contribution in [1.82, 2.24) is 4.98 Å². The zero-order valence-electron chi connectivity index (χ0n) is 10.3. The van der Waals surface area contributed by atoms with Gasteiger partial charge < -0.3 is 9.15 Å². The molecule has 0 aliphatic heterocycles. The minimum atomic E-state index is 0.680. The second kappa shape index (κ2) is 4.18. The quantitative estimate of drug-likeness (QED) is 0.682. The SMILES string of the molecule is COc1ccc2cc(-c3cnc(C)o3)ccc2c1. The van der Waals surface area contributed by atoms with Crippen LogP contribution < -0.4 is 4.74 Å². The first-order chi connectivity index (χ1) is 8.76. The average Bonchev–Trinajstić information content (AvgIpc) is 2.84. The largest absolute Gasteiger partial charge is 0.497 e. The Bertz CT molecular complexity index is 701. The third kappa shape index (κ3) is 1.84. The van der Waals surface area contributed by atoms with Crippen LogP contribution in [0.3, 0.4) is 0 Å². The van der Waals surface area contributed by atoms with E-state index in [2.05, 4.69) is 17.1 Å². The third-order valence-electron chi connectivity index (χ3n) is 2.95. The number of methoxy groups -OCH3 is 1. The highest BCUT2D eigenvalue weighted by atomic mass is 16.5. The van der Waals surface area contributed by atoms with E-state index in [0.717, 1.165) is 27.8 Å². The maximum Gasteiger partial charge on any atom is 0.191 e. The molecule has 0 spiro atoms. The van der Waals surface area contributed by atoms with Crippen molar-refractivity contribution in [2.75, 3.05) is 7.11 Å². The van der Waals surface area contributed by atoms with E-state index in [1.54, 1.807) is 13.3 Å². The molecule has 0 aliphatic rings. The summed E-state index contributed by atoms with van der Waals surface area (Å²) in [4.78, 5) is 4.11. The van der Waals surface area contributed by atoms with E-state index < -0.39 is 0 Å². The van der Waals surface area contributed by atoms with Crippen molar-refractivity contribution in [3.63, 3.8) is 0 Å². The van der Waals surface area contributed by atoms with Gasteiger partial charge in [0.15, 0.2) is 11.7 Å². The number of aromatic nitrogens is 1. The predicted molar refractivity (Wildman–Crippen MR) is 70.7 cm³/mol. The van der Waals surface area contributed by atoms with Gasteiger partial charge in [-0.2, -0.15) is 0 Å². The molecule has 0 unspecified atom stereocenters. The average molecular weight is 239 g/mol. The Morgan fingerprint density at radius 1 is 1.06 bits per heavy atom. The summed E-state index contributed by atoms with van der Waals surface area (Å²) < 4.78 is 10.7. The van der Waals surface area contributed by atoms with Crippen molar-refractivity contribution in [3.8, 4) is 17.1 Å². The highest BCUT2D eigenvalue weighted by molar-refractivity contribution is 5.87. The van der Waals surface area contributed by atoms with E-state index in [0.29, 0.717) is 5.89 Å². The lowest BCUT2D eigenvalue weighted by Crippen LogP contribution is -1.82. The van der Waals surface area contributed by atoms with Crippen LogP contribution in [0.1, 0.15) is 5.89 Å². The van der Waals surface area contributed by atoms with Gasteiger partial charge in [-0.3, -0.25) is 0 Å². The number of hydrogen-bond acceptors (Lipinski definition) is 3. The number of nitrogens with zero attached hydrogens (tertiary/aromatic N) is 1. The van der Waals surface area contributed by atoms with Crippen LogP contribution in [0.25, 0.3) is 22.1 Å². The monoisotopic (exact) mass is 239 g/mol. The summed E-state index contributed by atoms with van der Waals surface area (Å²) in [5, 5.41) is 2.30. The summed E-state index contributed by atoms with van der Waals surface area (Å²) >= 11 is 0. The minimum absolute atomic E-state index is 0.680. The number of aryl methyl sites for hydroxylation is 1. The Labute approximate surface area is 105 Å². The molecule has 0 radical (unpaired) electrons. The van der Waals surface area contributed by atoms with Crippen molar-refractivity contribution < 1.29 is 9.15 Å². The van der Waals surface area contributed by atoms with Gasteiger partial charge in [-0.15, -0.1) is 0 Å². The lowest BCUT2D eigenvalue weighted by molar-refractivity contribution is 0.415. The van der Waals surface area contributed by atoms with Gasteiger partial charge in [-0.1, -0.05) is 18.2 Å². The van der Waals surface area contributed by atoms with E-state index in [1.165, 1.54) is 0 Å². The van der Waals surface area contributed by atoms with Crippen molar-refractivity contribution in [2.24, 2.45) is 0 Å². The molecule has 1 heterocycles. The second-order valence-electron chi connectivity index (χ2n) is 4.17. The Balaban J connectivity index is 2.11. The maximum atomic E-state index is 5.53. The van der Waals surface area contributed by atoms with Crippen LogP contribution in [0.2, 0.25) is 0 Å². The zero-order chi connectivity index (χ0) is 12.5. The summed E-state index contributed by atoms with van der Waals surface area (Å²) in [6.07, 6.45) is 1.75. The van der Waals surface area contributed by atoms with E-state index in [4.69, 9.17) is 9.15 Å². The van der Waals surface area contributed by atoms with Crippen LogP contribution in [-0.2, 0) is 0 Å². The topological polar surface area (TPSA) is 35.3 Å². The Morgan fingerprint density at radius 2 is 1.83 bits per heavy atom. The molecule has 0 saturated heterocycles. The van der Waals surface area contributed by atoms with Crippen LogP contribution in [0, 0.1) is 6.92 Å².